The van der Waals surface area contributed by atoms with Gasteiger partial charge in [0.25, 0.3) is 0 Å². The zero-order valence-electron chi connectivity index (χ0n) is 11.3. The number of nitrogens with two attached hydrogens (primary N) is 1. The first-order chi connectivity index (χ1) is 10.1. The molecule has 5 heteroatoms. The third kappa shape index (κ3) is 2.57. The highest BCUT2D eigenvalue weighted by Crippen LogP contribution is 2.36. The summed E-state index contributed by atoms with van der Waals surface area (Å²) in [5.74, 6) is -0.171. The molecule has 2 nitrogen and oxygen atoms in total. The molecule has 0 aliphatic heterocycles. The molecule has 0 bridgehead atoms. The van der Waals surface area contributed by atoms with Gasteiger partial charge in [0.2, 0.25) is 0 Å². The summed E-state index contributed by atoms with van der Waals surface area (Å²) in [5.41, 5.74) is 8.05. The third-order valence-corrected chi connectivity index (χ3v) is 5.42. The fourth-order valence-corrected chi connectivity index (χ4v) is 4.00. The quantitative estimate of drug-likeness (QED) is 0.719. The molecular weight excluding hydrogens is 353 g/mol. The summed E-state index contributed by atoms with van der Waals surface area (Å²) in [5, 5.41) is 3.13. The van der Waals surface area contributed by atoms with Gasteiger partial charge < -0.3 is 10.5 Å². The van der Waals surface area contributed by atoms with Crippen LogP contribution >= 0.6 is 27.3 Å². The minimum Gasteiger partial charge on any atom is -0.494 e. The largest absolute Gasteiger partial charge is 0.494 e. The van der Waals surface area contributed by atoms with Crippen LogP contribution in [0.3, 0.4) is 0 Å². The van der Waals surface area contributed by atoms with E-state index in [1.54, 1.807) is 23.5 Å². The lowest BCUT2D eigenvalue weighted by Crippen LogP contribution is -2.11. The van der Waals surface area contributed by atoms with Crippen molar-refractivity contribution in [3.63, 3.8) is 0 Å². The molecule has 1 unspecified atom stereocenters. The highest BCUT2D eigenvalue weighted by atomic mass is 79.9. The molecule has 1 aromatic heterocycles. The summed E-state index contributed by atoms with van der Waals surface area (Å²) in [6, 6.07) is 10.5. The Bertz CT molecular complexity index is 802. The summed E-state index contributed by atoms with van der Waals surface area (Å²) in [6.45, 7) is 0. The first kappa shape index (κ1) is 14.5. The number of halogens is 2. The van der Waals surface area contributed by atoms with Gasteiger partial charge in [-0.1, -0.05) is 18.2 Å². The van der Waals surface area contributed by atoms with Crippen LogP contribution in [0, 0.1) is 5.82 Å². The lowest BCUT2D eigenvalue weighted by Gasteiger charge is -2.13. The van der Waals surface area contributed by atoms with Gasteiger partial charge in [-0.05, 0) is 56.0 Å². The Morgan fingerprint density at radius 3 is 2.81 bits per heavy atom. The van der Waals surface area contributed by atoms with E-state index in [1.165, 1.54) is 13.2 Å². The summed E-state index contributed by atoms with van der Waals surface area (Å²) >= 11 is 5.17. The molecule has 0 aliphatic carbocycles. The second-order valence-electron chi connectivity index (χ2n) is 4.68. The van der Waals surface area contributed by atoms with Crippen molar-refractivity contribution in [1.82, 2.24) is 0 Å². The number of hydrogen-bond acceptors (Lipinski definition) is 3. The molecule has 0 fully saturated rings. The predicted octanol–water partition coefficient (Wildman–Crippen LogP) is 4.86. The highest BCUT2D eigenvalue weighted by Gasteiger charge is 2.16. The highest BCUT2D eigenvalue weighted by molar-refractivity contribution is 9.10. The number of thiophene rings is 1. The average Bonchev–Trinajstić information content (AvgIpc) is 2.92. The van der Waals surface area contributed by atoms with Crippen molar-refractivity contribution in [2.75, 3.05) is 7.11 Å². The monoisotopic (exact) mass is 365 g/mol. The van der Waals surface area contributed by atoms with E-state index in [4.69, 9.17) is 10.5 Å². The lowest BCUT2D eigenvalue weighted by molar-refractivity contribution is 0.386. The zero-order valence-corrected chi connectivity index (χ0v) is 13.7. The molecule has 2 N–H and O–H groups in total. The van der Waals surface area contributed by atoms with Gasteiger partial charge in [0.1, 0.15) is 0 Å². The van der Waals surface area contributed by atoms with Crippen LogP contribution in [0.5, 0.6) is 5.75 Å². The second-order valence-corrected chi connectivity index (χ2v) is 6.41. The van der Waals surface area contributed by atoms with Crippen LogP contribution in [-0.2, 0) is 0 Å². The van der Waals surface area contributed by atoms with Crippen LogP contribution in [0.15, 0.2) is 46.3 Å². The van der Waals surface area contributed by atoms with E-state index in [0.717, 1.165) is 25.7 Å². The first-order valence-electron chi connectivity index (χ1n) is 6.36. The van der Waals surface area contributed by atoms with Gasteiger partial charge in [-0.3, -0.25) is 0 Å². The molecule has 108 valence electrons. The molecular formula is C16H13BrFNOS. The summed E-state index contributed by atoms with van der Waals surface area (Å²) in [4.78, 5) is 0. The topological polar surface area (TPSA) is 35.2 Å². The molecule has 3 aromatic rings. The van der Waals surface area contributed by atoms with E-state index < -0.39 is 5.82 Å². The third-order valence-electron chi connectivity index (χ3n) is 3.45. The maximum atomic E-state index is 13.8. The molecule has 3 rings (SSSR count). The standard InChI is InChI=1S/C16H13BrFNOS/c1-20-14-6-5-9(7-13(14)18)15(19)11-8-21-16-10(11)3-2-4-12(16)17/h2-8,15H,19H2,1H3. The van der Waals surface area contributed by atoms with Crippen molar-refractivity contribution < 1.29 is 9.13 Å². The van der Waals surface area contributed by atoms with E-state index in [2.05, 4.69) is 15.9 Å². The van der Waals surface area contributed by atoms with Crippen LogP contribution in [0.2, 0.25) is 0 Å². The van der Waals surface area contributed by atoms with E-state index in [1.807, 2.05) is 23.6 Å². The molecule has 0 radical (unpaired) electrons. The van der Waals surface area contributed by atoms with Crippen molar-refractivity contribution >= 4 is 37.4 Å². The van der Waals surface area contributed by atoms with Crippen molar-refractivity contribution in [3.8, 4) is 5.75 Å². The number of methoxy groups -OCH3 is 1. The van der Waals surface area contributed by atoms with E-state index >= 15 is 0 Å². The van der Waals surface area contributed by atoms with Crippen molar-refractivity contribution in [2.24, 2.45) is 5.73 Å². The van der Waals surface area contributed by atoms with Crippen molar-refractivity contribution in [2.45, 2.75) is 6.04 Å². The maximum absolute atomic E-state index is 13.8. The summed E-state index contributed by atoms with van der Waals surface area (Å²) in [6.07, 6.45) is 0. The van der Waals surface area contributed by atoms with E-state index in [-0.39, 0.29) is 11.8 Å². The van der Waals surface area contributed by atoms with Gasteiger partial charge in [-0.25, -0.2) is 4.39 Å². The number of benzene rings is 2. The number of fused-ring (bicyclic) bond motifs is 1. The van der Waals surface area contributed by atoms with Gasteiger partial charge >= 0.3 is 0 Å². The van der Waals surface area contributed by atoms with Gasteiger partial charge in [-0.2, -0.15) is 0 Å². The predicted molar refractivity (Wildman–Crippen MR) is 88.5 cm³/mol. The van der Waals surface area contributed by atoms with Crippen LogP contribution in [0.4, 0.5) is 4.39 Å². The Morgan fingerprint density at radius 2 is 2.10 bits per heavy atom. The molecule has 0 amide bonds. The Hall–Kier alpha value is -1.43. The van der Waals surface area contributed by atoms with Gasteiger partial charge in [0.15, 0.2) is 11.6 Å². The first-order valence-corrected chi connectivity index (χ1v) is 8.03. The Labute approximate surface area is 134 Å². The molecule has 0 saturated carbocycles. The molecule has 21 heavy (non-hydrogen) atoms. The van der Waals surface area contributed by atoms with E-state index in [9.17, 15) is 4.39 Å². The number of ether oxygens (including phenoxy) is 1. The molecule has 1 atom stereocenters. The molecule has 2 aromatic carbocycles. The Morgan fingerprint density at radius 1 is 1.29 bits per heavy atom. The zero-order chi connectivity index (χ0) is 15.0. The fraction of sp³-hybridized carbons (Fsp3) is 0.125. The molecule has 0 aliphatic rings. The molecule has 0 spiro atoms. The van der Waals surface area contributed by atoms with Crippen LogP contribution in [0.1, 0.15) is 17.2 Å². The maximum Gasteiger partial charge on any atom is 0.165 e. The normalized spacial score (nSPS) is 12.6. The number of rotatable bonds is 3. The minimum atomic E-state index is -0.397. The Kier molecular flexibility index (Phi) is 3.97. The smallest absolute Gasteiger partial charge is 0.165 e. The van der Waals surface area contributed by atoms with Crippen LogP contribution in [0.25, 0.3) is 10.1 Å². The average molecular weight is 366 g/mol. The number of hydrogen-bond donors (Lipinski definition) is 1. The van der Waals surface area contributed by atoms with Crippen LogP contribution < -0.4 is 10.5 Å². The van der Waals surface area contributed by atoms with Crippen molar-refractivity contribution in [3.05, 3.63) is 63.2 Å². The lowest BCUT2D eigenvalue weighted by atomic mass is 9.99. The second kappa shape index (κ2) is 5.75. The van der Waals surface area contributed by atoms with Crippen LogP contribution in [-0.4, -0.2) is 7.11 Å². The Balaban J connectivity index is 2.06. The van der Waals surface area contributed by atoms with Crippen molar-refractivity contribution in [1.29, 1.82) is 0 Å². The SMILES string of the molecule is COc1ccc(C(N)c2csc3c(Br)cccc23)cc1F. The molecule has 0 saturated heterocycles. The van der Waals surface area contributed by atoms with Gasteiger partial charge in [0.05, 0.1) is 13.2 Å². The van der Waals surface area contributed by atoms with Gasteiger partial charge in [-0.15, -0.1) is 11.3 Å². The summed E-state index contributed by atoms with van der Waals surface area (Å²) < 4.78 is 21.0. The molecule has 1 heterocycles. The summed E-state index contributed by atoms with van der Waals surface area (Å²) in [7, 11) is 1.45. The minimum absolute atomic E-state index is 0.226. The fourth-order valence-electron chi connectivity index (χ4n) is 2.34. The van der Waals surface area contributed by atoms with Gasteiger partial charge in [0, 0.05) is 9.17 Å². The van der Waals surface area contributed by atoms with E-state index in [0.29, 0.717) is 0 Å².